The van der Waals surface area contributed by atoms with Crippen LogP contribution in [0.1, 0.15) is 18.3 Å². The molecule has 0 aliphatic heterocycles. The Kier molecular flexibility index (Phi) is 7.48. The zero-order valence-corrected chi connectivity index (χ0v) is 18.4. The Morgan fingerprint density at radius 3 is 2.74 bits per heavy atom. The van der Waals surface area contributed by atoms with Gasteiger partial charge in [0.1, 0.15) is 12.4 Å². The van der Waals surface area contributed by atoms with E-state index >= 15 is 0 Å². The van der Waals surface area contributed by atoms with Gasteiger partial charge in [-0.3, -0.25) is 14.9 Å². The Morgan fingerprint density at radius 1 is 1.29 bits per heavy atom. The highest BCUT2D eigenvalue weighted by Gasteiger charge is 2.15. The fourth-order valence-electron chi connectivity index (χ4n) is 2.77. The molecular formula is C20H20ClN5O4S. The molecule has 31 heavy (non-hydrogen) atoms. The van der Waals surface area contributed by atoms with Crippen molar-refractivity contribution in [3.8, 4) is 5.75 Å². The number of nitro groups is 1. The van der Waals surface area contributed by atoms with Crippen molar-refractivity contribution in [2.45, 2.75) is 32.2 Å². The Labute approximate surface area is 187 Å². The number of hydrogen-bond acceptors (Lipinski definition) is 7. The van der Waals surface area contributed by atoms with Crippen LogP contribution in [-0.4, -0.2) is 31.3 Å². The van der Waals surface area contributed by atoms with E-state index in [4.69, 9.17) is 16.3 Å². The Balaban J connectivity index is 1.59. The standard InChI is InChI=1S/C20H20ClN5O4S/c1-3-25-18(11-30-17-7-5-4-6-15(17)21)23-24-20(25)31-12-19(27)22-16-9-8-14(26(28)29)10-13(16)2/h4-10H,3,11-12H2,1-2H3,(H,22,27). The molecule has 0 saturated carbocycles. The number of benzene rings is 2. The van der Waals surface area contributed by atoms with Gasteiger partial charge in [-0.2, -0.15) is 0 Å². The molecule has 0 spiro atoms. The number of ether oxygens (including phenoxy) is 1. The average molecular weight is 462 g/mol. The van der Waals surface area contributed by atoms with Crippen LogP contribution in [0.2, 0.25) is 5.02 Å². The van der Waals surface area contributed by atoms with Crippen LogP contribution < -0.4 is 10.1 Å². The molecule has 1 heterocycles. The van der Waals surface area contributed by atoms with Gasteiger partial charge in [-0.15, -0.1) is 10.2 Å². The van der Waals surface area contributed by atoms with Gasteiger partial charge in [0, 0.05) is 24.4 Å². The molecule has 0 unspecified atom stereocenters. The maximum absolute atomic E-state index is 12.3. The highest BCUT2D eigenvalue weighted by atomic mass is 35.5. The summed E-state index contributed by atoms with van der Waals surface area (Å²) in [5.74, 6) is 1.04. The first-order valence-corrected chi connectivity index (χ1v) is 10.7. The molecule has 1 amide bonds. The van der Waals surface area contributed by atoms with Gasteiger partial charge in [0.25, 0.3) is 5.69 Å². The van der Waals surface area contributed by atoms with Crippen molar-refractivity contribution in [1.29, 1.82) is 0 Å². The van der Waals surface area contributed by atoms with E-state index < -0.39 is 4.92 Å². The molecule has 162 valence electrons. The fraction of sp³-hybridized carbons (Fsp3) is 0.250. The first-order chi connectivity index (χ1) is 14.9. The van der Waals surface area contributed by atoms with E-state index in [9.17, 15) is 14.9 Å². The van der Waals surface area contributed by atoms with Gasteiger partial charge in [-0.05, 0) is 37.6 Å². The molecule has 3 aromatic rings. The summed E-state index contributed by atoms with van der Waals surface area (Å²) >= 11 is 7.35. The van der Waals surface area contributed by atoms with E-state index in [2.05, 4.69) is 15.5 Å². The maximum atomic E-state index is 12.3. The molecule has 0 aliphatic carbocycles. The number of anilines is 1. The van der Waals surface area contributed by atoms with Gasteiger partial charge in [-0.1, -0.05) is 35.5 Å². The summed E-state index contributed by atoms with van der Waals surface area (Å²) in [7, 11) is 0. The number of amides is 1. The van der Waals surface area contributed by atoms with Crippen molar-refractivity contribution in [3.05, 3.63) is 69.0 Å². The fourth-order valence-corrected chi connectivity index (χ4v) is 3.78. The molecule has 1 aromatic heterocycles. The molecule has 0 aliphatic rings. The molecular weight excluding hydrogens is 442 g/mol. The second kappa shape index (κ2) is 10.3. The lowest BCUT2D eigenvalue weighted by atomic mass is 10.2. The first-order valence-electron chi connectivity index (χ1n) is 9.36. The molecule has 0 saturated heterocycles. The molecule has 11 heteroatoms. The molecule has 0 fully saturated rings. The van der Waals surface area contributed by atoms with Gasteiger partial charge in [0.15, 0.2) is 11.0 Å². The number of nitro benzene ring substituents is 1. The monoisotopic (exact) mass is 461 g/mol. The first kappa shape index (κ1) is 22.6. The van der Waals surface area contributed by atoms with Crippen molar-refractivity contribution >= 4 is 40.6 Å². The average Bonchev–Trinajstić information content (AvgIpc) is 3.14. The van der Waals surface area contributed by atoms with Crippen molar-refractivity contribution in [2.75, 3.05) is 11.1 Å². The molecule has 1 N–H and O–H groups in total. The van der Waals surface area contributed by atoms with Crippen LogP contribution in [0.5, 0.6) is 5.75 Å². The predicted molar refractivity (Wildman–Crippen MR) is 119 cm³/mol. The van der Waals surface area contributed by atoms with Gasteiger partial charge in [0.05, 0.1) is 15.7 Å². The van der Waals surface area contributed by atoms with Crippen LogP contribution in [-0.2, 0) is 17.9 Å². The Hall–Kier alpha value is -3.11. The van der Waals surface area contributed by atoms with Crippen LogP contribution in [0.25, 0.3) is 0 Å². The second-order valence-electron chi connectivity index (χ2n) is 6.46. The number of para-hydroxylation sites is 1. The van der Waals surface area contributed by atoms with Crippen molar-refractivity contribution < 1.29 is 14.5 Å². The van der Waals surface area contributed by atoms with Crippen LogP contribution in [0.15, 0.2) is 47.6 Å². The molecule has 0 bridgehead atoms. The highest BCUT2D eigenvalue weighted by Crippen LogP contribution is 2.25. The number of carbonyl (C=O) groups is 1. The van der Waals surface area contributed by atoms with E-state index in [-0.39, 0.29) is 24.0 Å². The zero-order chi connectivity index (χ0) is 22.4. The normalized spacial score (nSPS) is 10.7. The molecule has 0 radical (unpaired) electrons. The number of aromatic nitrogens is 3. The lowest BCUT2D eigenvalue weighted by molar-refractivity contribution is -0.384. The van der Waals surface area contributed by atoms with E-state index in [0.29, 0.717) is 39.5 Å². The van der Waals surface area contributed by atoms with Crippen LogP contribution >= 0.6 is 23.4 Å². The summed E-state index contributed by atoms with van der Waals surface area (Å²) in [4.78, 5) is 22.7. The SMILES string of the molecule is CCn1c(COc2ccccc2Cl)nnc1SCC(=O)Nc1ccc([N+](=O)[O-])cc1C. The smallest absolute Gasteiger partial charge is 0.269 e. The summed E-state index contributed by atoms with van der Waals surface area (Å²) in [6, 6.07) is 11.5. The van der Waals surface area contributed by atoms with Gasteiger partial charge in [0.2, 0.25) is 5.91 Å². The number of halogens is 1. The lowest BCUT2D eigenvalue weighted by Gasteiger charge is -2.10. The van der Waals surface area contributed by atoms with Crippen molar-refractivity contribution in [2.24, 2.45) is 0 Å². The Bertz CT molecular complexity index is 1100. The van der Waals surface area contributed by atoms with E-state index in [0.717, 1.165) is 0 Å². The maximum Gasteiger partial charge on any atom is 0.269 e. The number of thioether (sulfide) groups is 1. The topological polar surface area (TPSA) is 112 Å². The van der Waals surface area contributed by atoms with Gasteiger partial charge in [-0.25, -0.2) is 0 Å². The van der Waals surface area contributed by atoms with Crippen LogP contribution in [0, 0.1) is 17.0 Å². The quantitative estimate of drug-likeness (QED) is 0.284. The van der Waals surface area contributed by atoms with E-state index in [1.54, 1.807) is 19.1 Å². The number of aryl methyl sites for hydroxylation is 1. The van der Waals surface area contributed by atoms with Gasteiger partial charge >= 0.3 is 0 Å². The number of carbonyl (C=O) groups excluding carboxylic acids is 1. The molecule has 0 atom stereocenters. The highest BCUT2D eigenvalue weighted by molar-refractivity contribution is 7.99. The number of nitrogens with one attached hydrogen (secondary N) is 1. The third-order valence-electron chi connectivity index (χ3n) is 4.33. The summed E-state index contributed by atoms with van der Waals surface area (Å²) in [6.07, 6.45) is 0. The third-order valence-corrected chi connectivity index (χ3v) is 5.61. The minimum atomic E-state index is -0.473. The largest absolute Gasteiger partial charge is 0.484 e. The van der Waals surface area contributed by atoms with E-state index in [1.165, 1.54) is 30.0 Å². The lowest BCUT2D eigenvalue weighted by Crippen LogP contribution is -2.15. The molecule has 3 rings (SSSR count). The molecule has 2 aromatic carbocycles. The van der Waals surface area contributed by atoms with Crippen LogP contribution in [0.3, 0.4) is 0 Å². The van der Waals surface area contributed by atoms with Crippen molar-refractivity contribution in [3.63, 3.8) is 0 Å². The predicted octanol–water partition coefficient (Wildman–Crippen LogP) is 4.48. The van der Waals surface area contributed by atoms with E-state index in [1.807, 2.05) is 23.6 Å². The summed E-state index contributed by atoms with van der Waals surface area (Å²) in [6.45, 7) is 4.46. The summed E-state index contributed by atoms with van der Waals surface area (Å²) in [5, 5.41) is 23.0. The van der Waals surface area contributed by atoms with Crippen LogP contribution in [0.4, 0.5) is 11.4 Å². The van der Waals surface area contributed by atoms with Crippen molar-refractivity contribution in [1.82, 2.24) is 14.8 Å². The molecule has 9 nitrogen and oxygen atoms in total. The summed E-state index contributed by atoms with van der Waals surface area (Å²) < 4.78 is 7.60. The zero-order valence-electron chi connectivity index (χ0n) is 16.9. The number of hydrogen-bond donors (Lipinski definition) is 1. The summed E-state index contributed by atoms with van der Waals surface area (Å²) in [5.41, 5.74) is 1.12. The van der Waals surface area contributed by atoms with Gasteiger partial charge < -0.3 is 14.6 Å². The minimum absolute atomic E-state index is 0.0209. The number of rotatable bonds is 9. The third kappa shape index (κ3) is 5.74. The minimum Gasteiger partial charge on any atom is -0.484 e. The number of non-ortho nitro benzene ring substituents is 1. The Morgan fingerprint density at radius 2 is 2.06 bits per heavy atom. The second-order valence-corrected chi connectivity index (χ2v) is 7.81. The number of nitrogens with zero attached hydrogens (tertiary/aromatic N) is 4.